The molecule has 4 rings (SSSR count). The van der Waals surface area contributed by atoms with Gasteiger partial charge in [0.25, 0.3) is 15.9 Å². The molecule has 0 spiro atoms. The molecule has 1 aliphatic rings. The highest BCUT2D eigenvalue weighted by atomic mass is 32.2. The van der Waals surface area contributed by atoms with E-state index in [0.717, 1.165) is 24.1 Å². The number of sulfonamides is 1. The van der Waals surface area contributed by atoms with Crippen molar-refractivity contribution in [3.8, 4) is 5.75 Å². The van der Waals surface area contributed by atoms with E-state index >= 15 is 0 Å². The number of hydrogen-bond donors (Lipinski definition) is 1. The summed E-state index contributed by atoms with van der Waals surface area (Å²) in [6.07, 6.45) is 0.648. The number of benzene rings is 3. The summed E-state index contributed by atoms with van der Waals surface area (Å²) >= 11 is 0. The topological polar surface area (TPSA) is 102 Å². The number of fused-ring (bicyclic) bond motifs is 1. The zero-order valence-corrected chi connectivity index (χ0v) is 20.2. The van der Waals surface area contributed by atoms with E-state index in [1.807, 2.05) is 24.3 Å². The standard InChI is InChI=1S/C26H26N2O6S/c1-18(25(29)28-17-7-9-19-8-3-6-12-24(19)28)34-26(30)22-10-4-5-11-23(22)27-35(31,32)21-15-13-20(33-2)14-16-21/h3-6,8,10-16,18,27H,7,9,17H2,1-2H3/t18-/m0/s1. The maximum absolute atomic E-state index is 13.1. The summed E-state index contributed by atoms with van der Waals surface area (Å²) in [6, 6.07) is 19.6. The first kappa shape index (κ1) is 24.3. The van der Waals surface area contributed by atoms with Crippen LogP contribution in [0, 0.1) is 0 Å². The van der Waals surface area contributed by atoms with Crippen LogP contribution in [0.2, 0.25) is 0 Å². The SMILES string of the molecule is COc1ccc(S(=O)(=O)Nc2ccccc2C(=O)O[C@@H](C)C(=O)N2CCCc3ccccc32)cc1. The van der Waals surface area contributed by atoms with Crippen LogP contribution < -0.4 is 14.4 Å². The average Bonchev–Trinajstić information content (AvgIpc) is 2.88. The average molecular weight is 495 g/mol. The third-order valence-electron chi connectivity index (χ3n) is 5.77. The van der Waals surface area contributed by atoms with Crippen LogP contribution in [0.5, 0.6) is 5.75 Å². The van der Waals surface area contributed by atoms with E-state index in [0.29, 0.717) is 12.3 Å². The zero-order valence-electron chi connectivity index (χ0n) is 19.4. The van der Waals surface area contributed by atoms with E-state index in [1.54, 1.807) is 17.0 Å². The van der Waals surface area contributed by atoms with Crippen molar-refractivity contribution in [1.82, 2.24) is 0 Å². The molecular formula is C26H26N2O6S. The molecule has 1 heterocycles. The normalized spacial score (nSPS) is 13.9. The Bertz CT molecular complexity index is 1340. The number of ether oxygens (including phenoxy) is 2. The van der Waals surface area contributed by atoms with E-state index in [9.17, 15) is 18.0 Å². The molecule has 9 heteroatoms. The van der Waals surface area contributed by atoms with E-state index in [2.05, 4.69) is 4.72 Å². The molecule has 0 aliphatic carbocycles. The molecule has 8 nitrogen and oxygen atoms in total. The van der Waals surface area contributed by atoms with Crippen LogP contribution in [-0.4, -0.2) is 40.1 Å². The van der Waals surface area contributed by atoms with Gasteiger partial charge in [-0.25, -0.2) is 13.2 Å². The Hall–Kier alpha value is -3.85. The van der Waals surface area contributed by atoms with Crippen molar-refractivity contribution in [2.24, 2.45) is 0 Å². The van der Waals surface area contributed by atoms with Gasteiger partial charge >= 0.3 is 5.97 Å². The zero-order chi connectivity index (χ0) is 25.0. The number of para-hydroxylation sites is 2. The number of rotatable bonds is 7. The summed E-state index contributed by atoms with van der Waals surface area (Å²) in [6.45, 7) is 2.05. The number of methoxy groups -OCH3 is 1. The quantitative estimate of drug-likeness (QED) is 0.498. The largest absolute Gasteiger partial charge is 0.497 e. The van der Waals surface area contributed by atoms with Crippen LogP contribution in [-0.2, 0) is 26.0 Å². The number of hydrogen-bond acceptors (Lipinski definition) is 6. The molecule has 0 unspecified atom stereocenters. The number of amides is 1. The number of carbonyl (C=O) groups excluding carboxylic acids is 2. The second-order valence-corrected chi connectivity index (χ2v) is 9.78. The van der Waals surface area contributed by atoms with Gasteiger partial charge in [0, 0.05) is 12.2 Å². The monoisotopic (exact) mass is 494 g/mol. The molecular weight excluding hydrogens is 468 g/mol. The molecule has 0 bridgehead atoms. The first-order valence-electron chi connectivity index (χ1n) is 11.2. The molecule has 1 amide bonds. The summed E-state index contributed by atoms with van der Waals surface area (Å²) in [5, 5.41) is 0. The van der Waals surface area contributed by atoms with Crippen molar-refractivity contribution in [3.63, 3.8) is 0 Å². The maximum atomic E-state index is 13.1. The van der Waals surface area contributed by atoms with Gasteiger partial charge in [0.1, 0.15) is 5.75 Å². The lowest BCUT2D eigenvalue weighted by Gasteiger charge is -2.31. The lowest BCUT2D eigenvalue weighted by atomic mass is 10.0. The van der Waals surface area contributed by atoms with E-state index < -0.39 is 22.1 Å². The fourth-order valence-electron chi connectivity index (χ4n) is 3.97. The summed E-state index contributed by atoms with van der Waals surface area (Å²) in [5.74, 6) is -0.617. The summed E-state index contributed by atoms with van der Waals surface area (Å²) in [4.78, 5) is 27.7. The Morgan fingerprint density at radius 3 is 2.40 bits per heavy atom. The maximum Gasteiger partial charge on any atom is 0.341 e. The van der Waals surface area contributed by atoms with Gasteiger partial charge in [-0.05, 0) is 67.8 Å². The highest BCUT2D eigenvalue weighted by Gasteiger charge is 2.29. The lowest BCUT2D eigenvalue weighted by Crippen LogP contribution is -2.42. The van der Waals surface area contributed by atoms with Crippen LogP contribution >= 0.6 is 0 Å². The van der Waals surface area contributed by atoms with Crippen molar-refractivity contribution in [2.45, 2.75) is 30.8 Å². The Labute approximate surface area is 204 Å². The highest BCUT2D eigenvalue weighted by Crippen LogP contribution is 2.28. The first-order valence-corrected chi connectivity index (χ1v) is 12.6. The molecule has 3 aromatic carbocycles. The van der Waals surface area contributed by atoms with Gasteiger partial charge in [0.05, 0.1) is 23.3 Å². The van der Waals surface area contributed by atoms with Gasteiger partial charge in [0.2, 0.25) is 0 Å². The van der Waals surface area contributed by atoms with Gasteiger partial charge in [-0.15, -0.1) is 0 Å². The van der Waals surface area contributed by atoms with Crippen molar-refractivity contribution >= 4 is 33.3 Å². The van der Waals surface area contributed by atoms with Crippen LogP contribution in [0.4, 0.5) is 11.4 Å². The van der Waals surface area contributed by atoms with Gasteiger partial charge < -0.3 is 14.4 Å². The van der Waals surface area contributed by atoms with Gasteiger partial charge in [0.15, 0.2) is 6.10 Å². The van der Waals surface area contributed by atoms with Gasteiger partial charge in [-0.1, -0.05) is 30.3 Å². The Morgan fingerprint density at radius 2 is 1.66 bits per heavy atom. The molecule has 1 aliphatic heterocycles. The van der Waals surface area contributed by atoms with Crippen LogP contribution in [0.3, 0.4) is 0 Å². The Kier molecular flexibility index (Phi) is 7.07. The Morgan fingerprint density at radius 1 is 0.971 bits per heavy atom. The molecule has 0 saturated heterocycles. The van der Waals surface area contributed by atoms with Crippen LogP contribution in [0.1, 0.15) is 29.3 Å². The lowest BCUT2D eigenvalue weighted by molar-refractivity contribution is -0.126. The molecule has 35 heavy (non-hydrogen) atoms. The van der Waals surface area contributed by atoms with Crippen molar-refractivity contribution in [1.29, 1.82) is 0 Å². The smallest absolute Gasteiger partial charge is 0.341 e. The van der Waals surface area contributed by atoms with Gasteiger partial charge in [-0.2, -0.15) is 0 Å². The first-order chi connectivity index (χ1) is 16.8. The number of carbonyl (C=O) groups is 2. The molecule has 0 fully saturated rings. The van der Waals surface area contributed by atoms with E-state index in [4.69, 9.17) is 9.47 Å². The number of nitrogens with zero attached hydrogens (tertiary/aromatic N) is 1. The van der Waals surface area contributed by atoms with Crippen LogP contribution in [0.25, 0.3) is 0 Å². The third kappa shape index (κ3) is 5.30. The second-order valence-electron chi connectivity index (χ2n) is 8.10. The second kappa shape index (κ2) is 10.2. The van der Waals surface area contributed by atoms with E-state index in [1.165, 1.54) is 50.4 Å². The molecule has 0 aromatic heterocycles. The Balaban J connectivity index is 1.50. The molecule has 3 aromatic rings. The predicted octanol–water partition coefficient (Wildman–Crippen LogP) is 4.02. The highest BCUT2D eigenvalue weighted by molar-refractivity contribution is 7.92. The van der Waals surface area contributed by atoms with E-state index in [-0.39, 0.29) is 22.1 Å². The van der Waals surface area contributed by atoms with Crippen molar-refractivity contribution in [3.05, 3.63) is 83.9 Å². The number of esters is 1. The molecule has 1 N–H and O–H groups in total. The van der Waals surface area contributed by atoms with Crippen molar-refractivity contribution < 1.29 is 27.5 Å². The number of anilines is 2. The summed E-state index contributed by atoms with van der Waals surface area (Å²) in [7, 11) is -2.49. The summed E-state index contributed by atoms with van der Waals surface area (Å²) in [5.41, 5.74) is 1.95. The fourth-order valence-corrected chi connectivity index (χ4v) is 5.04. The fraction of sp³-hybridized carbons (Fsp3) is 0.231. The third-order valence-corrected chi connectivity index (χ3v) is 7.15. The van der Waals surface area contributed by atoms with Gasteiger partial charge in [-0.3, -0.25) is 9.52 Å². The number of aryl methyl sites for hydroxylation is 1. The number of nitrogens with one attached hydrogen (secondary N) is 1. The minimum Gasteiger partial charge on any atom is -0.497 e. The van der Waals surface area contributed by atoms with Crippen molar-refractivity contribution in [2.75, 3.05) is 23.3 Å². The van der Waals surface area contributed by atoms with Crippen LogP contribution in [0.15, 0.2) is 77.7 Å². The molecule has 0 saturated carbocycles. The minimum absolute atomic E-state index is 0.00304. The summed E-state index contributed by atoms with van der Waals surface area (Å²) < 4.78 is 38.7. The predicted molar refractivity (Wildman–Crippen MR) is 132 cm³/mol. The molecule has 1 atom stereocenters. The molecule has 182 valence electrons. The minimum atomic E-state index is -3.98. The molecule has 0 radical (unpaired) electrons.